The normalized spacial score (nSPS) is 13.2. The predicted octanol–water partition coefficient (Wildman–Crippen LogP) is 9.11. The van der Waals surface area contributed by atoms with E-state index in [-0.39, 0.29) is 0 Å². The maximum atomic E-state index is 5.18. The van der Waals surface area contributed by atoms with E-state index in [4.69, 9.17) is 4.98 Å². The highest BCUT2D eigenvalue weighted by Gasteiger charge is 2.19. The van der Waals surface area contributed by atoms with Crippen LogP contribution in [0.15, 0.2) is 146 Å². The molecule has 5 nitrogen and oxygen atoms in total. The summed E-state index contributed by atoms with van der Waals surface area (Å²) in [6, 6.07) is 40.5. The van der Waals surface area contributed by atoms with E-state index in [9.17, 15) is 0 Å². The first kappa shape index (κ1) is 25.4. The lowest BCUT2D eigenvalue weighted by Gasteiger charge is -2.21. The molecule has 9 rings (SSSR count). The molecule has 1 aliphatic rings. The lowest BCUT2D eigenvalue weighted by molar-refractivity contribution is 0.927. The van der Waals surface area contributed by atoms with Crippen molar-refractivity contribution in [2.75, 3.05) is 6.54 Å². The molecular weight excluding hydrogens is 550 g/mol. The number of nitrogens with one attached hydrogen (secondary N) is 1. The molecule has 0 radical (unpaired) electrons. The van der Waals surface area contributed by atoms with Crippen molar-refractivity contribution in [3.8, 4) is 22.5 Å². The summed E-state index contributed by atoms with van der Waals surface area (Å²) in [7, 11) is 0. The Bertz CT molecular complexity index is 2380. The van der Waals surface area contributed by atoms with Crippen LogP contribution in [-0.2, 0) is 0 Å². The van der Waals surface area contributed by atoms with Crippen molar-refractivity contribution >= 4 is 54.7 Å². The van der Waals surface area contributed by atoms with Crippen molar-refractivity contribution in [3.05, 3.63) is 152 Å². The van der Waals surface area contributed by atoms with E-state index >= 15 is 0 Å². The first-order chi connectivity index (χ1) is 22.3. The number of fused-ring (bicyclic) bond motifs is 5. The highest BCUT2D eigenvalue weighted by atomic mass is 15.1. The van der Waals surface area contributed by atoms with Gasteiger partial charge in [0, 0.05) is 29.7 Å². The molecule has 0 bridgehead atoms. The molecule has 8 aromatic rings. The van der Waals surface area contributed by atoms with Gasteiger partial charge in [-0.3, -0.25) is 14.5 Å². The standard InChI is InChI=1S/C40H27N5/c1-3-11-30-26(9-1)21-27-10-2-4-12-31(27)40(30)29-22-35(44-36(23-29)34-14-7-8-19-42-34)28-16-17-39(43-24-28)45-37-15-6-5-13-32(37)33-18-20-41-25-38(33)45/h1-23,25,43H,24H2. The second-order valence-corrected chi connectivity index (χ2v) is 11.4. The van der Waals surface area contributed by atoms with E-state index in [1.54, 1.807) is 0 Å². The molecule has 0 fully saturated rings. The number of para-hydroxylation sites is 1. The molecule has 212 valence electrons. The second-order valence-electron chi connectivity index (χ2n) is 11.4. The fraction of sp³-hybridized carbons (Fsp3) is 0.0250. The molecule has 0 saturated carbocycles. The Balaban J connectivity index is 1.24. The summed E-state index contributed by atoms with van der Waals surface area (Å²) in [5.41, 5.74) is 8.30. The Morgan fingerprint density at radius 2 is 1.29 bits per heavy atom. The average molecular weight is 578 g/mol. The van der Waals surface area contributed by atoms with Crippen molar-refractivity contribution in [2.24, 2.45) is 0 Å². The molecule has 0 atom stereocenters. The highest BCUT2D eigenvalue weighted by Crippen LogP contribution is 2.39. The molecule has 1 aliphatic heterocycles. The van der Waals surface area contributed by atoms with Gasteiger partial charge < -0.3 is 5.32 Å². The number of pyridine rings is 3. The van der Waals surface area contributed by atoms with E-state index in [2.05, 4.69) is 129 Å². The summed E-state index contributed by atoms with van der Waals surface area (Å²) in [6.45, 7) is 0.633. The maximum Gasteiger partial charge on any atom is 0.111 e. The molecule has 0 unspecified atom stereocenters. The van der Waals surface area contributed by atoms with Crippen LogP contribution in [0.3, 0.4) is 0 Å². The summed E-state index contributed by atoms with van der Waals surface area (Å²) in [4.78, 5) is 14.3. The van der Waals surface area contributed by atoms with Gasteiger partial charge in [0.05, 0.1) is 34.3 Å². The molecule has 5 heteroatoms. The number of dihydropyridines is 1. The van der Waals surface area contributed by atoms with Crippen molar-refractivity contribution in [3.63, 3.8) is 0 Å². The SMILES string of the molecule is C1=C(c2cc(-c3c4ccccc4cc4ccccc34)cc(-c3ccccn3)n2)CNC(n2c3ccccc3c3ccncc32)=C1. The largest absolute Gasteiger partial charge is 0.367 e. The Labute approximate surface area is 259 Å². The van der Waals surface area contributed by atoms with Crippen LogP contribution >= 0.6 is 0 Å². The Kier molecular flexibility index (Phi) is 5.81. The zero-order valence-corrected chi connectivity index (χ0v) is 24.4. The Morgan fingerprint density at radius 3 is 2.04 bits per heavy atom. The third kappa shape index (κ3) is 4.20. The molecule has 4 aromatic carbocycles. The van der Waals surface area contributed by atoms with E-state index in [0.717, 1.165) is 45.1 Å². The van der Waals surface area contributed by atoms with Gasteiger partial charge in [-0.1, -0.05) is 78.9 Å². The van der Waals surface area contributed by atoms with Crippen molar-refractivity contribution in [2.45, 2.75) is 0 Å². The number of nitrogens with zero attached hydrogens (tertiary/aromatic N) is 4. The molecule has 45 heavy (non-hydrogen) atoms. The van der Waals surface area contributed by atoms with Crippen LogP contribution in [0.4, 0.5) is 0 Å². The zero-order chi connectivity index (χ0) is 29.7. The van der Waals surface area contributed by atoms with Crippen LogP contribution in [0.5, 0.6) is 0 Å². The lowest BCUT2D eigenvalue weighted by atomic mass is 9.91. The topological polar surface area (TPSA) is 55.6 Å². The summed E-state index contributed by atoms with van der Waals surface area (Å²) in [5.74, 6) is 1.01. The van der Waals surface area contributed by atoms with Gasteiger partial charge in [0.25, 0.3) is 0 Å². The number of aromatic nitrogens is 4. The number of allylic oxidation sites excluding steroid dienone is 2. The quantitative estimate of drug-likeness (QED) is 0.212. The average Bonchev–Trinajstić information content (AvgIpc) is 3.45. The van der Waals surface area contributed by atoms with Gasteiger partial charge in [-0.15, -0.1) is 0 Å². The summed E-state index contributed by atoms with van der Waals surface area (Å²) in [6.07, 6.45) is 9.97. The van der Waals surface area contributed by atoms with Crippen molar-refractivity contribution in [1.82, 2.24) is 24.8 Å². The Hall–Kier alpha value is -6.07. The molecule has 0 saturated heterocycles. The third-order valence-electron chi connectivity index (χ3n) is 8.76. The van der Waals surface area contributed by atoms with Gasteiger partial charge >= 0.3 is 0 Å². The van der Waals surface area contributed by atoms with Crippen LogP contribution in [0.2, 0.25) is 0 Å². The van der Waals surface area contributed by atoms with E-state index in [0.29, 0.717) is 6.54 Å². The second kappa shape index (κ2) is 10.3. The zero-order valence-electron chi connectivity index (χ0n) is 24.4. The smallest absolute Gasteiger partial charge is 0.111 e. The van der Waals surface area contributed by atoms with Crippen molar-refractivity contribution < 1.29 is 0 Å². The predicted molar refractivity (Wildman–Crippen MR) is 185 cm³/mol. The molecule has 1 N–H and O–H groups in total. The molecular formula is C40H27N5. The van der Waals surface area contributed by atoms with Crippen LogP contribution < -0.4 is 5.32 Å². The van der Waals surface area contributed by atoms with E-state index in [1.807, 2.05) is 36.8 Å². The number of hydrogen-bond donors (Lipinski definition) is 1. The minimum Gasteiger partial charge on any atom is -0.367 e. The lowest BCUT2D eigenvalue weighted by Crippen LogP contribution is -2.22. The number of benzene rings is 4. The fourth-order valence-corrected chi connectivity index (χ4v) is 6.70. The van der Waals surface area contributed by atoms with Crippen molar-refractivity contribution in [1.29, 1.82) is 0 Å². The number of hydrogen-bond acceptors (Lipinski definition) is 4. The summed E-state index contributed by atoms with van der Waals surface area (Å²) in [5, 5.41) is 11.0. The third-order valence-corrected chi connectivity index (χ3v) is 8.76. The molecule has 5 heterocycles. The van der Waals surface area contributed by atoms with Crippen LogP contribution in [0.1, 0.15) is 5.69 Å². The Morgan fingerprint density at radius 1 is 0.578 bits per heavy atom. The first-order valence-electron chi connectivity index (χ1n) is 15.1. The monoisotopic (exact) mass is 577 g/mol. The van der Waals surface area contributed by atoms with E-state index < -0.39 is 0 Å². The van der Waals surface area contributed by atoms with Gasteiger partial charge in [-0.2, -0.15) is 0 Å². The van der Waals surface area contributed by atoms with Gasteiger partial charge in [-0.05, 0) is 86.8 Å². The molecule has 4 aromatic heterocycles. The molecule has 0 aliphatic carbocycles. The van der Waals surface area contributed by atoms with Crippen LogP contribution in [-0.4, -0.2) is 26.1 Å². The van der Waals surface area contributed by atoms with Gasteiger partial charge in [0.2, 0.25) is 0 Å². The fourth-order valence-electron chi connectivity index (χ4n) is 6.70. The summed E-state index contributed by atoms with van der Waals surface area (Å²) >= 11 is 0. The molecule has 0 spiro atoms. The first-order valence-corrected chi connectivity index (χ1v) is 15.1. The summed E-state index contributed by atoms with van der Waals surface area (Å²) < 4.78 is 2.26. The molecule has 0 amide bonds. The van der Waals surface area contributed by atoms with Gasteiger partial charge in [0.15, 0.2) is 0 Å². The van der Waals surface area contributed by atoms with Crippen LogP contribution in [0, 0.1) is 0 Å². The van der Waals surface area contributed by atoms with Gasteiger partial charge in [-0.25, -0.2) is 4.98 Å². The minimum atomic E-state index is 0.633. The highest BCUT2D eigenvalue weighted by molar-refractivity contribution is 6.13. The minimum absolute atomic E-state index is 0.633. The maximum absolute atomic E-state index is 5.18. The van der Waals surface area contributed by atoms with Gasteiger partial charge in [0.1, 0.15) is 5.82 Å². The van der Waals surface area contributed by atoms with E-state index in [1.165, 1.54) is 37.9 Å². The number of rotatable bonds is 4. The van der Waals surface area contributed by atoms with Crippen LogP contribution in [0.25, 0.3) is 77.3 Å².